The Kier molecular flexibility index (Phi) is 3.16. The molecule has 0 aromatic heterocycles. The van der Waals surface area contributed by atoms with Crippen molar-refractivity contribution in [3.05, 3.63) is 0 Å². The molecular weight excluding hydrogens is 128 g/mol. The van der Waals surface area contributed by atoms with Crippen LogP contribution in [0.4, 0.5) is 0 Å². The van der Waals surface area contributed by atoms with E-state index in [-0.39, 0.29) is 0 Å². The molecule has 1 aliphatic heterocycles. The summed E-state index contributed by atoms with van der Waals surface area (Å²) in [6.07, 6.45) is 3.09. The first kappa shape index (κ1) is 8.02. The molecule has 0 bridgehead atoms. The predicted molar refractivity (Wildman–Crippen MR) is 40.1 cm³/mol. The molecule has 0 aromatic carbocycles. The molecule has 0 radical (unpaired) electrons. The third kappa shape index (κ3) is 2.67. The third-order valence-electron chi connectivity index (χ3n) is 1.64. The van der Waals surface area contributed by atoms with E-state index in [4.69, 9.17) is 9.47 Å². The molecule has 0 aliphatic carbocycles. The molecule has 0 unspecified atom stereocenters. The van der Waals surface area contributed by atoms with Crippen molar-refractivity contribution >= 4 is 0 Å². The molecule has 1 heterocycles. The van der Waals surface area contributed by atoms with Crippen LogP contribution in [-0.2, 0) is 9.47 Å². The molecule has 0 spiro atoms. The maximum Gasteiger partial charge on any atom is 0.0809 e. The van der Waals surface area contributed by atoms with Gasteiger partial charge in [-0.15, -0.1) is 0 Å². The Labute approximate surface area is 62.5 Å². The first-order valence-corrected chi connectivity index (χ1v) is 4.02. The largest absolute Gasteiger partial charge is 0.376 e. The molecule has 60 valence electrons. The Morgan fingerprint density at radius 2 is 2.40 bits per heavy atom. The molecule has 0 amide bonds. The summed E-state index contributed by atoms with van der Waals surface area (Å²) < 4.78 is 10.8. The summed E-state index contributed by atoms with van der Waals surface area (Å²) in [6.45, 7) is 5.80. The lowest BCUT2D eigenvalue weighted by Crippen LogP contribution is -2.17. The Bertz CT molecular complexity index is 85.3. The molecule has 0 aromatic rings. The van der Waals surface area contributed by atoms with E-state index in [0.29, 0.717) is 12.2 Å². The van der Waals surface area contributed by atoms with Crippen molar-refractivity contribution in [1.82, 2.24) is 0 Å². The maximum atomic E-state index is 5.40. The molecule has 1 aliphatic rings. The van der Waals surface area contributed by atoms with E-state index in [0.717, 1.165) is 13.2 Å². The van der Waals surface area contributed by atoms with Crippen molar-refractivity contribution in [2.75, 3.05) is 13.2 Å². The van der Waals surface area contributed by atoms with Crippen molar-refractivity contribution in [2.24, 2.45) is 0 Å². The molecule has 0 N–H and O–H groups in total. The van der Waals surface area contributed by atoms with Gasteiger partial charge in [-0.25, -0.2) is 0 Å². The van der Waals surface area contributed by atoms with Gasteiger partial charge < -0.3 is 9.47 Å². The van der Waals surface area contributed by atoms with Crippen molar-refractivity contribution in [3.8, 4) is 0 Å². The van der Waals surface area contributed by atoms with Gasteiger partial charge in [-0.2, -0.15) is 0 Å². The zero-order valence-electron chi connectivity index (χ0n) is 6.80. The van der Waals surface area contributed by atoms with Gasteiger partial charge in [0.15, 0.2) is 0 Å². The predicted octanol–water partition coefficient (Wildman–Crippen LogP) is 1.59. The van der Waals surface area contributed by atoms with Gasteiger partial charge in [0, 0.05) is 6.61 Å². The second kappa shape index (κ2) is 3.94. The maximum absolute atomic E-state index is 5.40. The van der Waals surface area contributed by atoms with Crippen LogP contribution in [0.25, 0.3) is 0 Å². The first-order valence-electron chi connectivity index (χ1n) is 4.02. The van der Waals surface area contributed by atoms with E-state index in [1.807, 2.05) is 0 Å². The summed E-state index contributed by atoms with van der Waals surface area (Å²) in [6, 6.07) is 0. The average molecular weight is 144 g/mol. The summed E-state index contributed by atoms with van der Waals surface area (Å²) in [7, 11) is 0. The lowest BCUT2D eigenvalue weighted by Gasteiger charge is -2.11. The smallest absolute Gasteiger partial charge is 0.0809 e. The van der Waals surface area contributed by atoms with E-state index in [1.54, 1.807) is 0 Å². The van der Waals surface area contributed by atoms with E-state index in [2.05, 4.69) is 13.8 Å². The zero-order valence-corrected chi connectivity index (χ0v) is 6.80. The van der Waals surface area contributed by atoms with E-state index in [9.17, 15) is 0 Å². The highest BCUT2D eigenvalue weighted by Crippen LogP contribution is 2.12. The summed E-state index contributed by atoms with van der Waals surface area (Å²) in [4.78, 5) is 0. The van der Waals surface area contributed by atoms with Gasteiger partial charge in [0.2, 0.25) is 0 Å². The second-order valence-electron chi connectivity index (χ2n) is 3.02. The van der Waals surface area contributed by atoms with E-state index < -0.39 is 0 Å². The zero-order chi connectivity index (χ0) is 7.40. The van der Waals surface area contributed by atoms with Crippen molar-refractivity contribution in [2.45, 2.75) is 38.9 Å². The number of ether oxygens (including phenoxy) is 2. The molecule has 10 heavy (non-hydrogen) atoms. The molecule has 1 saturated heterocycles. The summed E-state index contributed by atoms with van der Waals surface area (Å²) in [5.41, 5.74) is 0. The standard InChI is InChI=1S/C8H16O2/c1-7(2)10-6-8-4-3-5-9-8/h7-8H,3-6H2,1-2H3/t8-/m1/s1. The van der Waals surface area contributed by atoms with Crippen LogP contribution in [0.2, 0.25) is 0 Å². The SMILES string of the molecule is CC(C)OC[C@H]1CCCO1. The number of rotatable bonds is 3. The molecule has 1 atom stereocenters. The second-order valence-corrected chi connectivity index (χ2v) is 3.02. The van der Waals surface area contributed by atoms with Crippen LogP contribution in [0.5, 0.6) is 0 Å². The van der Waals surface area contributed by atoms with Gasteiger partial charge in [-0.05, 0) is 26.7 Å². The van der Waals surface area contributed by atoms with Crippen molar-refractivity contribution in [3.63, 3.8) is 0 Å². The fourth-order valence-corrected chi connectivity index (χ4v) is 1.08. The average Bonchev–Trinajstić information content (AvgIpc) is 2.34. The summed E-state index contributed by atoms with van der Waals surface area (Å²) >= 11 is 0. The number of hydrogen-bond acceptors (Lipinski definition) is 2. The van der Waals surface area contributed by atoms with Crippen LogP contribution in [0.15, 0.2) is 0 Å². The minimum atomic E-state index is 0.337. The molecule has 2 nitrogen and oxygen atoms in total. The Balaban J connectivity index is 2.01. The van der Waals surface area contributed by atoms with Crippen LogP contribution in [0, 0.1) is 0 Å². The highest BCUT2D eigenvalue weighted by Gasteiger charge is 2.15. The van der Waals surface area contributed by atoms with Gasteiger partial charge in [0.05, 0.1) is 18.8 Å². The Morgan fingerprint density at radius 3 is 2.90 bits per heavy atom. The Hall–Kier alpha value is -0.0800. The summed E-state index contributed by atoms with van der Waals surface area (Å²) in [5.74, 6) is 0. The minimum absolute atomic E-state index is 0.337. The van der Waals surface area contributed by atoms with Gasteiger partial charge in [-0.1, -0.05) is 0 Å². The van der Waals surface area contributed by atoms with Crippen molar-refractivity contribution < 1.29 is 9.47 Å². The quantitative estimate of drug-likeness (QED) is 0.599. The highest BCUT2D eigenvalue weighted by molar-refractivity contribution is 4.63. The van der Waals surface area contributed by atoms with Crippen LogP contribution in [-0.4, -0.2) is 25.4 Å². The normalized spacial score (nSPS) is 26.1. The van der Waals surface area contributed by atoms with Crippen LogP contribution < -0.4 is 0 Å². The molecule has 1 fully saturated rings. The first-order chi connectivity index (χ1) is 4.79. The van der Waals surface area contributed by atoms with Gasteiger partial charge in [-0.3, -0.25) is 0 Å². The van der Waals surface area contributed by atoms with E-state index >= 15 is 0 Å². The van der Waals surface area contributed by atoms with Crippen LogP contribution in [0.3, 0.4) is 0 Å². The molecule has 0 saturated carbocycles. The minimum Gasteiger partial charge on any atom is -0.376 e. The monoisotopic (exact) mass is 144 g/mol. The fraction of sp³-hybridized carbons (Fsp3) is 1.00. The van der Waals surface area contributed by atoms with Gasteiger partial charge >= 0.3 is 0 Å². The van der Waals surface area contributed by atoms with Crippen molar-refractivity contribution in [1.29, 1.82) is 0 Å². The van der Waals surface area contributed by atoms with Gasteiger partial charge in [0.25, 0.3) is 0 Å². The Morgan fingerprint density at radius 1 is 1.60 bits per heavy atom. The third-order valence-corrected chi connectivity index (χ3v) is 1.64. The molecule has 1 rings (SSSR count). The number of hydrogen-bond donors (Lipinski definition) is 0. The van der Waals surface area contributed by atoms with Crippen LogP contribution in [0.1, 0.15) is 26.7 Å². The molecule has 2 heteroatoms. The summed E-state index contributed by atoms with van der Waals surface area (Å²) in [5, 5.41) is 0. The van der Waals surface area contributed by atoms with E-state index in [1.165, 1.54) is 12.8 Å². The van der Waals surface area contributed by atoms with Gasteiger partial charge in [0.1, 0.15) is 0 Å². The molecular formula is C8H16O2. The highest BCUT2D eigenvalue weighted by atomic mass is 16.5. The fourth-order valence-electron chi connectivity index (χ4n) is 1.08. The lowest BCUT2D eigenvalue weighted by atomic mass is 10.2. The lowest BCUT2D eigenvalue weighted by molar-refractivity contribution is -0.00761. The topological polar surface area (TPSA) is 18.5 Å². The van der Waals surface area contributed by atoms with Crippen LogP contribution >= 0.6 is 0 Å².